The number of rotatable bonds is 4. The van der Waals surface area contributed by atoms with Crippen molar-refractivity contribution in [2.24, 2.45) is 0 Å². The Morgan fingerprint density at radius 1 is 1.32 bits per heavy atom. The van der Waals surface area contributed by atoms with Gasteiger partial charge in [0.25, 0.3) is 0 Å². The number of nitrogens with one attached hydrogen (secondary N) is 1. The third-order valence-corrected chi connectivity index (χ3v) is 2.81. The molecule has 0 unspecified atom stereocenters. The van der Waals surface area contributed by atoms with Crippen LogP contribution in [0.3, 0.4) is 0 Å². The van der Waals surface area contributed by atoms with Crippen molar-refractivity contribution in [3.63, 3.8) is 0 Å². The van der Waals surface area contributed by atoms with Crippen LogP contribution in [0.1, 0.15) is 12.0 Å². The highest BCUT2D eigenvalue weighted by atomic mass is 35.5. The zero-order valence-corrected chi connectivity index (χ0v) is 11.0. The summed E-state index contributed by atoms with van der Waals surface area (Å²) in [4.78, 5) is 15.6. The minimum absolute atomic E-state index is 0.0651. The molecule has 1 aromatic carbocycles. The quantitative estimate of drug-likeness (QED) is 0.666. The number of halogens is 1. The molecule has 19 heavy (non-hydrogen) atoms. The lowest BCUT2D eigenvalue weighted by Crippen LogP contribution is -2.12. The first kappa shape index (κ1) is 13.4. The molecule has 5 heteroatoms. The number of carbonyl (C=O) groups excluding carboxylic acids is 1. The normalized spacial score (nSPS) is 10.2. The van der Waals surface area contributed by atoms with E-state index in [1.54, 1.807) is 18.3 Å². The van der Waals surface area contributed by atoms with E-state index in [-0.39, 0.29) is 5.91 Å². The highest BCUT2D eigenvalue weighted by Gasteiger charge is 2.04. The summed E-state index contributed by atoms with van der Waals surface area (Å²) < 4.78 is 0. The average Bonchev–Trinajstić information content (AvgIpc) is 2.36. The van der Waals surface area contributed by atoms with Crippen molar-refractivity contribution in [1.29, 1.82) is 0 Å². The Bertz CT molecular complexity index is 586. The number of aromatic nitrogens is 1. The smallest absolute Gasteiger partial charge is 0.224 e. The summed E-state index contributed by atoms with van der Waals surface area (Å²) in [7, 11) is 0. The van der Waals surface area contributed by atoms with Gasteiger partial charge in [0.2, 0.25) is 5.91 Å². The van der Waals surface area contributed by atoms with Crippen LogP contribution in [0.4, 0.5) is 11.4 Å². The standard InChI is InChI=1S/C14H14ClN3O/c15-13-9-12(6-7-17-13)18-14(19)5-4-10-2-1-3-11(16)8-10/h1-3,6-9H,4-5,16H2,(H,17,18,19). The second-order valence-corrected chi connectivity index (χ2v) is 4.55. The zero-order valence-electron chi connectivity index (χ0n) is 10.3. The molecule has 1 amide bonds. The van der Waals surface area contributed by atoms with Crippen LogP contribution >= 0.6 is 11.6 Å². The number of carbonyl (C=O) groups is 1. The molecular weight excluding hydrogens is 262 g/mol. The molecule has 2 aromatic rings. The number of aryl methyl sites for hydroxylation is 1. The Hall–Kier alpha value is -2.07. The molecule has 2 rings (SSSR count). The van der Waals surface area contributed by atoms with Crippen LogP contribution in [0.15, 0.2) is 42.6 Å². The fraction of sp³-hybridized carbons (Fsp3) is 0.143. The van der Waals surface area contributed by atoms with Crippen molar-refractivity contribution in [2.75, 3.05) is 11.1 Å². The maximum atomic E-state index is 11.8. The molecule has 4 nitrogen and oxygen atoms in total. The molecule has 0 fully saturated rings. The molecule has 3 N–H and O–H groups in total. The molecule has 0 spiro atoms. The maximum Gasteiger partial charge on any atom is 0.224 e. The van der Waals surface area contributed by atoms with Gasteiger partial charge in [0, 0.05) is 24.0 Å². The van der Waals surface area contributed by atoms with E-state index in [4.69, 9.17) is 17.3 Å². The first-order valence-corrected chi connectivity index (χ1v) is 6.27. The summed E-state index contributed by atoms with van der Waals surface area (Å²) >= 11 is 5.74. The van der Waals surface area contributed by atoms with E-state index >= 15 is 0 Å². The van der Waals surface area contributed by atoms with Gasteiger partial charge < -0.3 is 11.1 Å². The summed E-state index contributed by atoms with van der Waals surface area (Å²) in [6.45, 7) is 0. The first-order chi connectivity index (χ1) is 9.13. The lowest BCUT2D eigenvalue weighted by molar-refractivity contribution is -0.116. The number of amides is 1. The third-order valence-electron chi connectivity index (χ3n) is 2.60. The molecule has 0 bridgehead atoms. The molecule has 1 aromatic heterocycles. The maximum absolute atomic E-state index is 11.8. The number of nitrogens with zero attached hydrogens (tertiary/aromatic N) is 1. The molecule has 98 valence electrons. The molecule has 0 atom stereocenters. The molecule has 0 saturated carbocycles. The van der Waals surface area contributed by atoms with Crippen molar-refractivity contribution in [3.05, 3.63) is 53.3 Å². The van der Waals surface area contributed by atoms with E-state index in [2.05, 4.69) is 10.3 Å². The molecule has 0 saturated heterocycles. The second kappa shape index (κ2) is 6.20. The highest BCUT2D eigenvalue weighted by molar-refractivity contribution is 6.29. The van der Waals surface area contributed by atoms with Crippen LogP contribution in [-0.2, 0) is 11.2 Å². The second-order valence-electron chi connectivity index (χ2n) is 4.16. The first-order valence-electron chi connectivity index (χ1n) is 5.89. The Morgan fingerprint density at radius 2 is 2.16 bits per heavy atom. The van der Waals surface area contributed by atoms with E-state index in [0.29, 0.717) is 29.4 Å². The van der Waals surface area contributed by atoms with Crippen molar-refractivity contribution in [1.82, 2.24) is 4.98 Å². The van der Waals surface area contributed by atoms with Crippen LogP contribution < -0.4 is 11.1 Å². The topological polar surface area (TPSA) is 68.0 Å². The molecule has 0 aliphatic rings. The summed E-state index contributed by atoms with van der Waals surface area (Å²) in [6, 6.07) is 10.8. The predicted molar refractivity (Wildman–Crippen MR) is 77.1 cm³/mol. The van der Waals surface area contributed by atoms with Gasteiger partial charge in [-0.3, -0.25) is 4.79 Å². The van der Waals surface area contributed by atoms with Crippen molar-refractivity contribution in [3.8, 4) is 0 Å². The monoisotopic (exact) mass is 275 g/mol. The van der Waals surface area contributed by atoms with E-state index in [1.165, 1.54) is 0 Å². The van der Waals surface area contributed by atoms with E-state index in [9.17, 15) is 4.79 Å². The lowest BCUT2D eigenvalue weighted by atomic mass is 10.1. The Kier molecular flexibility index (Phi) is 4.36. The SMILES string of the molecule is Nc1cccc(CCC(=O)Nc2ccnc(Cl)c2)c1. The van der Waals surface area contributed by atoms with Crippen molar-refractivity contribution < 1.29 is 4.79 Å². The third kappa shape index (κ3) is 4.26. The van der Waals surface area contributed by atoms with Gasteiger partial charge in [-0.2, -0.15) is 0 Å². The van der Waals surface area contributed by atoms with Gasteiger partial charge in [-0.15, -0.1) is 0 Å². The average molecular weight is 276 g/mol. The summed E-state index contributed by atoms with van der Waals surface area (Å²) in [5.41, 5.74) is 8.09. The Balaban J connectivity index is 1.88. The Labute approximate surface area is 116 Å². The molecule has 0 aliphatic heterocycles. The number of hydrogen-bond donors (Lipinski definition) is 2. The molecular formula is C14H14ClN3O. The zero-order chi connectivity index (χ0) is 13.7. The van der Waals surface area contributed by atoms with Gasteiger partial charge >= 0.3 is 0 Å². The number of nitrogens with two attached hydrogens (primary N) is 1. The largest absolute Gasteiger partial charge is 0.399 e. The lowest BCUT2D eigenvalue weighted by Gasteiger charge is -2.05. The molecule has 0 radical (unpaired) electrons. The van der Waals surface area contributed by atoms with Gasteiger partial charge in [-0.1, -0.05) is 23.7 Å². The van der Waals surface area contributed by atoms with E-state index in [1.807, 2.05) is 24.3 Å². The van der Waals surface area contributed by atoms with Gasteiger partial charge in [0.15, 0.2) is 0 Å². The number of nitrogen functional groups attached to an aromatic ring is 1. The van der Waals surface area contributed by atoms with Gasteiger partial charge in [0.05, 0.1) is 0 Å². The van der Waals surface area contributed by atoms with Crippen molar-refractivity contribution in [2.45, 2.75) is 12.8 Å². The Morgan fingerprint density at radius 3 is 2.89 bits per heavy atom. The predicted octanol–water partition coefficient (Wildman–Crippen LogP) is 2.89. The molecule has 1 heterocycles. The minimum Gasteiger partial charge on any atom is -0.399 e. The number of anilines is 2. The number of benzene rings is 1. The fourth-order valence-electron chi connectivity index (χ4n) is 1.71. The van der Waals surface area contributed by atoms with E-state index < -0.39 is 0 Å². The summed E-state index contributed by atoms with van der Waals surface area (Å²) in [5, 5.41) is 3.13. The highest BCUT2D eigenvalue weighted by Crippen LogP contribution is 2.13. The van der Waals surface area contributed by atoms with Gasteiger partial charge in [-0.25, -0.2) is 4.98 Å². The minimum atomic E-state index is -0.0651. The molecule has 0 aliphatic carbocycles. The fourth-order valence-corrected chi connectivity index (χ4v) is 1.88. The van der Waals surface area contributed by atoms with Crippen LogP contribution in [-0.4, -0.2) is 10.9 Å². The summed E-state index contributed by atoms with van der Waals surface area (Å²) in [6.07, 6.45) is 2.59. The van der Waals surface area contributed by atoms with Crippen LogP contribution in [0.25, 0.3) is 0 Å². The van der Waals surface area contributed by atoms with Crippen molar-refractivity contribution >= 4 is 28.9 Å². The number of pyridine rings is 1. The van der Waals surface area contributed by atoms with Crippen LogP contribution in [0.2, 0.25) is 5.15 Å². The van der Waals surface area contributed by atoms with Crippen LogP contribution in [0.5, 0.6) is 0 Å². The van der Waals surface area contributed by atoms with E-state index in [0.717, 1.165) is 5.56 Å². The number of hydrogen-bond acceptors (Lipinski definition) is 3. The van der Waals surface area contributed by atoms with Gasteiger partial charge in [0.1, 0.15) is 5.15 Å². The summed E-state index contributed by atoms with van der Waals surface area (Å²) in [5.74, 6) is -0.0651. The van der Waals surface area contributed by atoms with Gasteiger partial charge in [-0.05, 0) is 36.2 Å². The van der Waals surface area contributed by atoms with Crippen LogP contribution in [0, 0.1) is 0 Å².